The Morgan fingerprint density at radius 2 is 1.54 bits per heavy atom. The lowest BCUT2D eigenvalue weighted by Gasteiger charge is -1.82. The standard InChI is InChI=1S/C7H8.C5H6N2.C4H6N2.C4H8.C4H10/c1-7-5-3-2-4-6-7;1-5-2-3-6-4-7-5;1-4-2-5-6-3-4;1-4-2-3-4;1-3-4-2/h2-6H,1H3;2-4H,1H3;2-3H,1H3,(H,5,6);4H,2-3H2,1H3;3-4H2,1-2H3. The Morgan fingerprint density at radius 3 is 1.71 bits per heavy atom. The van der Waals surface area contributed by atoms with Crippen LogP contribution in [0.15, 0.2) is 61.3 Å². The highest BCUT2D eigenvalue weighted by Crippen LogP contribution is 2.26. The van der Waals surface area contributed by atoms with Crippen molar-refractivity contribution in [3.63, 3.8) is 0 Å². The van der Waals surface area contributed by atoms with Gasteiger partial charge in [-0.05, 0) is 38.3 Å². The first-order valence-electron chi connectivity index (χ1n) is 10.2. The number of nitrogens with one attached hydrogen (secondary N) is 1. The molecular formula is C24H38N4. The summed E-state index contributed by atoms with van der Waals surface area (Å²) in [6.07, 6.45) is 12.5. The average molecular weight is 383 g/mol. The van der Waals surface area contributed by atoms with Crippen molar-refractivity contribution >= 4 is 0 Å². The van der Waals surface area contributed by atoms with Gasteiger partial charge in [0.2, 0.25) is 0 Å². The van der Waals surface area contributed by atoms with Crippen molar-refractivity contribution in [2.45, 2.75) is 67.2 Å². The molecule has 28 heavy (non-hydrogen) atoms. The third kappa shape index (κ3) is 19.8. The second-order valence-corrected chi connectivity index (χ2v) is 6.96. The number of unbranched alkanes of at least 4 members (excludes halogenated alkanes) is 1. The number of hydrogen-bond acceptors (Lipinski definition) is 3. The van der Waals surface area contributed by atoms with Crippen LogP contribution in [0.2, 0.25) is 0 Å². The Hall–Kier alpha value is -2.49. The van der Waals surface area contributed by atoms with E-state index < -0.39 is 0 Å². The number of nitrogens with zero attached hydrogens (tertiary/aromatic N) is 3. The molecule has 4 heteroatoms. The molecule has 1 aliphatic carbocycles. The first-order valence-corrected chi connectivity index (χ1v) is 10.2. The fraction of sp³-hybridized carbons (Fsp3) is 0.458. The SMILES string of the molecule is CC1CC1.CCCC.Cc1ccccc1.Cc1ccncn1.Cc1cn[nH]c1. The lowest BCUT2D eigenvalue weighted by atomic mass is 10.2. The Kier molecular flexibility index (Phi) is 16.3. The fourth-order valence-corrected chi connectivity index (χ4v) is 1.37. The van der Waals surface area contributed by atoms with Gasteiger partial charge in [-0.15, -0.1) is 0 Å². The van der Waals surface area contributed by atoms with Gasteiger partial charge < -0.3 is 0 Å². The van der Waals surface area contributed by atoms with Crippen LogP contribution >= 0.6 is 0 Å². The van der Waals surface area contributed by atoms with Crippen molar-refractivity contribution in [2.75, 3.05) is 0 Å². The average Bonchev–Trinajstić information content (AvgIpc) is 3.35. The quantitative estimate of drug-likeness (QED) is 0.508. The van der Waals surface area contributed by atoms with E-state index in [1.165, 1.54) is 43.1 Å². The predicted octanol–water partition coefficient (Wildman–Crippen LogP) is 6.72. The van der Waals surface area contributed by atoms with E-state index in [-0.39, 0.29) is 0 Å². The lowest BCUT2D eigenvalue weighted by Crippen LogP contribution is -1.77. The molecule has 0 radical (unpaired) electrons. The third-order valence-corrected chi connectivity index (χ3v) is 3.67. The maximum atomic E-state index is 3.87. The first-order chi connectivity index (χ1) is 13.5. The number of H-pyrrole nitrogens is 1. The Bertz CT molecular complexity index is 608. The normalized spacial score (nSPS) is 11.1. The van der Waals surface area contributed by atoms with Crippen molar-refractivity contribution in [3.8, 4) is 0 Å². The van der Waals surface area contributed by atoms with E-state index in [2.05, 4.69) is 60.0 Å². The highest BCUT2D eigenvalue weighted by atomic mass is 15.1. The Labute approximate surface area is 171 Å². The van der Waals surface area contributed by atoms with Crippen LogP contribution in [0.4, 0.5) is 0 Å². The van der Waals surface area contributed by atoms with Crippen LogP contribution in [0.5, 0.6) is 0 Å². The van der Waals surface area contributed by atoms with E-state index in [1.54, 1.807) is 12.4 Å². The number of aromatic nitrogens is 4. The van der Waals surface area contributed by atoms with E-state index >= 15 is 0 Å². The van der Waals surface area contributed by atoms with E-state index in [4.69, 9.17) is 0 Å². The summed E-state index contributed by atoms with van der Waals surface area (Å²) in [6.45, 7) is 12.6. The van der Waals surface area contributed by atoms with Gasteiger partial charge in [0.25, 0.3) is 0 Å². The minimum atomic E-state index is 1.01. The molecule has 154 valence electrons. The molecule has 1 aliphatic rings. The van der Waals surface area contributed by atoms with Gasteiger partial charge in [-0.1, -0.05) is 82.3 Å². The second-order valence-electron chi connectivity index (χ2n) is 6.96. The van der Waals surface area contributed by atoms with Gasteiger partial charge in [-0.25, -0.2) is 9.97 Å². The van der Waals surface area contributed by atoms with E-state index in [1.807, 2.05) is 44.3 Å². The summed E-state index contributed by atoms with van der Waals surface area (Å²) in [6, 6.07) is 12.1. The smallest absolute Gasteiger partial charge is 0.115 e. The molecule has 4 nitrogen and oxygen atoms in total. The zero-order valence-corrected chi connectivity index (χ0v) is 18.5. The molecule has 0 amide bonds. The van der Waals surface area contributed by atoms with E-state index in [9.17, 15) is 0 Å². The van der Waals surface area contributed by atoms with Gasteiger partial charge >= 0.3 is 0 Å². The van der Waals surface area contributed by atoms with Gasteiger partial charge in [-0.2, -0.15) is 5.10 Å². The van der Waals surface area contributed by atoms with Gasteiger partial charge in [0.05, 0.1) is 6.20 Å². The number of rotatable bonds is 1. The van der Waals surface area contributed by atoms with Crippen molar-refractivity contribution in [2.24, 2.45) is 5.92 Å². The zero-order chi connectivity index (χ0) is 21.0. The summed E-state index contributed by atoms with van der Waals surface area (Å²) in [7, 11) is 0. The van der Waals surface area contributed by atoms with Crippen LogP contribution in [0.1, 0.15) is 63.3 Å². The Balaban J connectivity index is 0.000000332. The van der Waals surface area contributed by atoms with Gasteiger partial charge in [-0.3, -0.25) is 5.10 Å². The molecule has 1 aromatic carbocycles. The monoisotopic (exact) mass is 382 g/mol. The van der Waals surface area contributed by atoms with Crippen molar-refractivity contribution in [3.05, 3.63) is 78.1 Å². The highest BCUT2D eigenvalue weighted by Gasteiger charge is 2.12. The zero-order valence-electron chi connectivity index (χ0n) is 18.5. The van der Waals surface area contributed by atoms with Crippen molar-refractivity contribution in [1.82, 2.24) is 20.2 Å². The molecule has 2 aromatic heterocycles. The molecule has 0 unspecified atom stereocenters. The van der Waals surface area contributed by atoms with Crippen molar-refractivity contribution < 1.29 is 0 Å². The van der Waals surface area contributed by atoms with Crippen LogP contribution in [-0.4, -0.2) is 20.2 Å². The number of benzene rings is 1. The maximum Gasteiger partial charge on any atom is 0.115 e. The fourth-order valence-electron chi connectivity index (χ4n) is 1.37. The number of aromatic amines is 1. The molecule has 3 aromatic rings. The summed E-state index contributed by atoms with van der Waals surface area (Å²) in [5, 5.41) is 6.38. The number of aryl methyl sites for hydroxylation is 3. The van der Waals surface area contributed by atoms with Crippen LogP contribution in [0.3, 0.4) is 0 Å². The van der Waals surface area contributed by atoms with Crippen LogP contribution in [-0.2, 0) is 0 Å². The summed E-state index contributed by atoms with van der Waals surface area (Å²) < 4.78 is 0. The first kappa shape index (κ1) is 25.5. The molecule has 1 N–H and O–H groups in total. The van der Waals surface area contributed by atoms with E-state index in [0.29, 0.717) is 0 Å². The van der Waals surface area contributed by atoms with Crippen LogP contribution < -0.4 is 0 Å². The largest absolute Gasteiger partial charge is 0.285 e. The van der Waals surface area contributed by atoms with E-state index in [0.717, 1.165) is 11.6 Å². The summed E-state index contributed by atoms with van der Waals surface area (Å²) in [5.41, 5.74) is 3.51. The van der Waals surface area contributed by atoms with Gasteiger partial charge in [0.1, 0.15) is 6.33 Å². The van der Waals surface area contributed by atoms with Crippen LogP contribution in [0.25, 0.3) is 0 Å². The molecule has 1 saturated carbocycles. The van der Waals surface area contributed by atoms with Crippen molar-refractivity contribution in [1.29, 1.82) is 0 Å². The summed E-state index contributed by atoms with van der Waals surface area (Å²) in [4.78, 5) is 7.60. The Morgan fingerprint density at radius 1 is 0.929 bits per heavy atom. The highest BCUT2D eigenvalue weighted by molar-refractivity contribution is 5.11. The molecule has 4 rings (SSSR count). The molecule has 0 spiro atoms. The summed E-state index contributed by atoms with van der Waals surface area (Å²) in [5.74, 6) is 1.08. The number of hydrogen-bond donors (Lipinski definition) is 1. The molecule has 1 fully saturated rings. The lowest BCUT2D eigenvalue weighted by molar-refractivity contribution is 0.886. The molecule has 0 saturated heterocycles. The third-order valence-electron chi connectivity index (χ3n) is 3.67. The van der Waals surface area contributed by atoms with Gasteiger partial charge in [0, 0.05) is 18.1 Å². The topological polar surface area (TPSA) is 54.5 Å². The summed E-state index contributed by atoms with van der Waals surface area (Å²) >= 11 is 0. The minimum absolute atomic E-state index is 1.01. The van der Waals surface area contributed by atoms with Crippen LogP contribution in [0, 0.1) is 26.7 Å². The molecule has 0 bridgehead atoms. The molecule has 0 aliphatic heterocycles. The molecule has 2 heterocycles. The maximum absolute atomic E-state index is 3.87. The predicted molar refractivity (Wildman–Crippen MR) is 120 cm³/mol. The molecular weight excluding hydrogens is 344 g/mol. The van der Waals surface area contributed by atoms with Gasteiger partial charge in [0.15, 0.2) is 0 Å². The minimum Gasteiger partial charge on any atom is -0.285 e. The second kappa shape index (κ2) is 17.9. The molecule has 0 atom stereocenters.